The van der Waals surface area contributed by atoms with Crippen LogP contribution in [0.15, 0.2) is 91.0 Å². The van der Waals surface area contributed by atoms with Crippen LogP contribution in [0, 0.1) is 25.7 Å². The Bertz CT molecular complexity index is 1820. The Morgan fingerprint density at radius 2 is 1.05 bits per heavy atom. The molecule has 0 amide bonds. The molecule has 0 saturated heterocycles. The van der Waals surface area contributed by atoms with Crippen LogP contribution in [0.25, 0.3) is 32.7 Å². The molecule has 0 spiro atoms. The van der Waals surface area contributed by atoms with E-state index >= 15 is 0 Å². The molecule has 224 valence electrons. The molecule has 0 nitrogen and oxygen atoms in total. The quantitative estimate of drug-likeness (QED) is 0.0833. The maximum absolute atomic E-state index is 3.34. The highest BCUT2D eigenvalue weighted by molar-refractivity contribution is 5.97. The fourth-order valence-electron chi connectivity index (χ4n) is 6.45. The largest absolute Gasteiger partial charge is 0.0654 e. The van der Waals surface area contributed by atoms with Crippen molar-refractivity contribution in [3.05, 3.63) is 130 Å². The Kier molecular flexibility index (Phi) is 10.7. The molecule has 5 rings (SSSR count). The molecule has 44 heavy (non-hydrogen) atoms. The average molecular weight is 577 g/mol. The molecule has 0 atom stereocenters. The third-order valence-electron chi connectivity index (χ3n) is 9.25. The lowest BCUT2D eigenvalue weighted by Crippen LogP contribution is -1.94. The maximum atomic E-state index is 3.34. The Morgan fingerprint density at radius 1 is 0.500 bits per heavy atom. The number of hydrogen-bond acceptors (Lipinski definition) is 0. The van der Waals surface area contributed by atoms with Gasteiger partial charge < -0.3 is 0 Å². The first-order valence-electron chi connectivity index (χ1n) is 16.8. The lowest BCUT2D eigenvalue weighted by atomic mass is 9.89. The van der Waals surface area contributed by atoms with Gasteiger partial charge in [-0.1, -0.05) is 118 Å². The van der Waals surface area contributed by atoms with Gasteiger partial charge in [-0.05, 0) is 137 Å². The third-order valence-corrected chi connectivity index (χ3v) is 9.25. The first-order chi connectivity index (χ1) is 21.4. The van der Waals surface area contributed by atoms with E-state index < -0.39 is 0 Å². The number of aryl methyl sites for hydroxylation is 3. The molecule has 0 N–H and O–H groups in total. The molecule has 0 aliphatic rings. The van der Waals surface area contributed by atoms with Gasteiger partial charge in [0.05, 0.1) is 0 Å². The molecule has 5 aromatic carbocycles. The smallest absolute Gasteiger partial charge is 0.0255 e. The van der Waals surface area contributed by atoms with Crippen molar-refractivity contribution in [1.29, 1.82) is 0 Å². The van der Waals surface area contributed by atoms with Crippen molar-refractivity contribution in [1.82, 2.24) is 0 Å². The van der Waals surface area contributed by atoms with Crippen molar-refractivity contribution >= 4 is 32.7 Å². The van der Waals surface area contributed by atoms with Gasteiger partial charge in [0, 0.05) is 11.1 Å². The van der Waals surface area contributed by atoms with E-state index in [2.05, 4.69) is 119 Å². The first-order valence-corrected chi connectivity index (χ1v) is 16.8. The summed E-state index contributed by atoms with van der Waals surface area (Å²) in [7, 11) is 0. The molecule has 0 aliphatic carbocycles. The number of hydrogen-bond donors (Lipinski definition) is 0. The predicted octanol–water partition coefficient (Wildman–Crippen LogP) is 12.6. The van der Waals surface area contributed by atoms with Crippen molar-refractivity contribution in [3.8, 4) is 11.8 Å². The van der Waals surface area contributed by atoms with Crippen LogP contribution >= 0.6 is 0 Å². The van der Waals surface area contributed by atoms with Crippen LogP contribution in [-0.2, 0) is 6.42 Å². The van der Waals surface area contributed by atoms with Crippen molar-refractivity contribution in [2.45, 2.75) is 92.4 Å². The maximum Gasteiger partial charge on any atom is 0.0255 e. The Hall–Kier alpha value is -4.08. The van der Waals surface area contributed by atoms with Crippen LogP contribution in [0.4, 0.5) is 0 Å². The van der Waals surface area contributed by atoms with Crippen LogP contribution in [-0.4, -0.2) is 0 Å². The fraction of sp³-hybridized carbons (Fsp3) is 0.318. The summed E-state index contributed by atoms with van der Waals surface area (Å²) >= 11 is 0. The summed E-state index contributed by atoms with van der Waals surface area (Å²) in [4.78, 5) is 0. The lowest BCUT2D eigenvalue weighted by molar-refractivity contribution is 0.575. The lowest BCUT2D eigenvalue weighted by Gasteiger charge is -2.16. The topological polar surface area (TPSA) is 0 Å². The van der Waals surface area contributed by atoms with Gasteiger partial charge in [-0.2, -0.15) is 0 Å². The van der Waals surface area contributed by atoms with Crippen molar-refractivity contribution in [2.75, 3.05) is 0 Å². The van der Waals surface area contributed by atoms with E-state index in [9.17, 15) is 0 Å². The zero-order chi connectivity index (χ0) is 30.9. The highest BCUT2D eigenvalue weighted by Crippen LogP contribution is 2.34. The number of rotatable bonds is 11. The molecule has 0 aromatic heterocycles. The molecule has 0 aliphatic heterocycles. The van der Waals surface area contributed by atoms with Crippen LogP contribution in [0.3, 0.4) is 0 Å². The van der Waals surface area contributed by atoms with Gasteiger partial charge in [0.1, 0.15) is 0 Å². The molecule has 0 fully saturated rings. The van der Waals surface area contributed by atoms with E-state index in [1.807, 2.05) is 18.2 Å². The van der Waals surface area contributed by atoms with Crippen molar-refractivity contribution < 1.29 is 0 Å². The Balaban J connectivity index is 1.32. The Labute approximate surface area is 266 Å². The molecule has 0 heterocycles. The second-order valence-corrected chi connectivity index (χ2v) is 12.7. The van der Waals surface area contributed by atoms with Gasteiger partial charge in [0.2, 0.25) is 0 Å². The minimum Gasteiger partial charge on any atom is -0.0654 e. The number of unbranched alkanes of at least 4 members (excludes halogenated alkanes) is 7. The zero-order valence-corrected chi connectivity index (χ0v) is 27.5. The summed E-state index contributed by atoms with van der Waals surface area (Å²) < 4.78 is 0. The van der Waals surface area contributed by atoms with E-state index in [0.717, 1.165) is 11.1 Å². The van der Waals surface area contributed by atoms with E-state index in [0.29, 0.717) is 0 Å². The molecule has 0 unspecified atom stereocenters. The SMILES string of the molecule is CCCCCCCCCCc1ccc2cc(/C(C)=C(\C)c3cc4ccc(C#Cc5ccccc5)cc4cc3C)c(C)cc2c1. The van der Waals surface area contributed by atoms with Gasteiger partial charge in [0.25, 0.3) is 0 Å². The second-order valence-electron chi connectivity index (χ2n) is 12.7. The van der Waals surface area contributed by atoms with Crippen LogP contribution in [0.2, 0.25) is 0 Å². The van der Waals surface area contributed by atoms with E-state index in [1.54, 1.807) is 0 Å². The molecular formula is C44H48. The molecule has 0 radical (unpaired) electrons. The van der Waals surface area contributed by atoms with Crippen LogP contribution < -0.4 is 0 Å². The minimum absolute atomic E-state index is 1.04. The number of fused-ring (bicyclic) bond motifs is 2. The molecular weight excluding hydrogens is 528 g/mol. The molecule has 0 bridgehead atoms. The van der Waals surface area contributed by atoms with Gasteiger partial charge in [-0.3, -0.25) is 0 Å². The summed E-state index contributed by atoms with van der Waals surface area (Å²) in [5.74, 6) is 6.62. The zero-order valence-electron chi connectivity index (χ0n) is 27.5. The molecule has 5 aromatic rings. The van der Waals surface area contributed by atoms with Crippen LogP contribution in [0.5, 0.6) is 0 Å². The summed E-state index contributed by atoms with van der Waals surface area (Å²) in [5.41, 5.74) is 11.6. The first kappa shape index (κ1) is 31.3. The van der Waals surface area contributed by atoms with Crippen molar-refractivity contribution in [2.24, 2.45) is 0 Å². The molecule has 0 saturated carbocycles. The normalized spacial score (nSPS) is 11.8. The Morgan fingerprint density at radius 3 is 1.68 bits per heavy atom. The second kappa shape index (κ2) is 15.1. The number of benzene rings is 5. The summed E-state index contributed by atoms with van der Waals surface area (Å²) in [6.07, 6.45) is 12.2. The summed E-state index contributed by atoms with van der Waals surface area (Å²) in [5, 5.41) is 5.18. The van der Waals surface area contributed by atoms with Crippen LogP contribution in [0.1, 0.15) is 111 Å². The predicted molar refractivity (Wildman–Crippen MR) is 194 cm³/mol. The van der Waals surface area contributed by atoms with E-state index in [4.69, 9.17) is 0 Å². The summed E-state index contributed by atoms with van der Waals surface area (Å²) in [6, 6.07) is 33.3. The van der Waals surface area contributed by atoms with Crippen molar-refractivity contribution in [3.63, 3.8) is 0 Å². The third kappa shape index (κ3) is 7.89. The standard InChI is InChI=1S/C44H48/c1-6-7-8-9-10-11-12-14-19-37-22-24-39-30-43(32(2)26-41(39)28-37)34(4)35(5)44-31-40-25-23-38(29-42(40)27-33(44)3)21-20-36-17-15-13-16-18-36/h13,15-18,22-31H,6-12,14,19H2,1-5H3/b35-34+. The highest BCUT2D eigenvalue weighted by Gasteiger charge is 2.11. The molecule has 0 heteroatoms. The monoisotopic (exact) mass is 576 g/mol. The van der Waals surface area contributed by atoms with Gasteiger partial charge in [0.15, 0.2) is 0 Å². The average Bonchev–Trinajstić information content (AvgIpc) is 3.04. The van der Waals surface area contributed by atoms with E-state index in [1.165, 1.54) is 118 Å². The van der Waals surface area contributed by atoms with Gasteiger partial charge in [-0.25, -0.2) is 0 Å². The van der Waals surface area contributed by atoms with Gasteiger partial charge in [-0.15, -0.1) is 0 Å². The highest BCUT2D eigenvalue weighted by atomic mass is 14.2. The van der Waals surface area contributed by atoms with E-state index in [-0.39, 0.29) is 0 Å². The minimum atomic E-state index is 1.04. The number of allylic oxidation sites excluding steroid dienone is 2. The fourth-order valence-corrected chi connectivity index (χ4v) is 6.45. The summed E-state index contributed by atoms with van der Waals surface area (Å²) in [6.45, 7) is 11.3. The van der Waals surface area contributed by atoms with Gasteiger partial charge >= 0.3 is 0 Å².